The van der Waals surface area contributed by atoms with Gasteiger partial charge in [-0.05, 0) is 26.3 Å². The Morgan fingerprint density at radius 2 is 1.95 bits per heavy atom. The summed E-state index contributed by atoms with van der Waals surface area (Å²) in [4.78, 5) is 0. The van der Waals surface area contributed by atoms with Gasteiger partial charge in [0.25, 0.3) is 0 Å². The number of hydrogen-bond donors (Lipinski definition) is 2. The van der Waals surface area contributed by atoms with Crippen LogP contribution < -0.4 is 10.6 Å². The summed E-state index contributed by atoms with van der Waals surface area (Å²) in [6.45, 7) is 12.5. The van der Waals surface area contributed by atoms with Gasteiger partial charge in [0.05, 0.1) is 18.7 Å². The van der Waals surface area contributed by atoms with E-state index in [1.54, 1.807) is 0 Å². The van der Waals surface area contributed by atoms with Crippen molar-refractivity contribution in [3.05, 3.63) is 5.89 Å². The van der Waals surface area contributed by atoms with Crippen LogP contribution >= 0.6 is 0 Å². The molecular formula is C13H26N4O2. The van der Waals surface area contributed by atoms with Gasteiger partial charge >= 0.3 is 6.01 Å². The second kappa shape index (κ2) is 8.12. The molecule has 0 aliphatic rings. The van der Waals surface area contributed by atoms with Crippen molar-refractivity contribution in [2.45, 2.75) is 46.7 Å². The van der Waals surface area contributed by atoms with Gasteiger partial charge in [0.15, 0.2) is 0 Å². The van der Waals surface area contributed by atoms with Crippen LogP contribution in [0.2, 0.25) is 0 Å². The summed E-state index contributed by atoms with van der Waals surface area (Å²) in [6, 6.07) is 0.693. The van der Waals surface area contributed by atoms with E-state index < -0.39 is 0 Å². The lowest BCUT2D eigenvalue weighted by atomic mass is 10.1. The summed E-state index contributed by atoms with van der Waals surface area (Å²) in [5.74, 6) is 1.02. The quantitative estimate of drug-likeness (QED) is 0.717. The van der Waals surface area contributed by atoms with Gasteiger partial charge in [-0.2, -0.15) is 0 Å². The van der Waals surface area contributed by atoms with Crippen molar-refractivity contribution in [3.63, 3.8) is 0 Å². The van der Waals surface area contributed by atoms with Crippen molar-refractivity contribution in [2.24, 2.45) is 5.92 Å². The minimum atomic E-state index is 0.0671. The van der Waals surface area contributed by atoms with E-state index in [1.807, 2.05) is 20.8 Å². The Morgan fingerprint density at radius 1 is 1.21 bits per heavy atom. The first-order chi connectivity index (χ1) is 9.08. The van der Waals surface area contributed by atoms with Gasteiger partial charge in [0.2, 0.25) is 5.89 Å². The molecule has 2 N–H and O–H groups in total. The number of ether oxygens (including phenoxy) is 1. The van der Waals surface area contributed by atoms with Crippen molar-refractivity contribution in [1.82, 2.24) is 15.5 Å². The van der Waals surface area contributed by atoms with Crippen LogP contribution in [-0.2, 0) is 4.74 Å². The summed E-state index contributed by atoms with van der Waals surface area (Å²) in [6.07, 6.45) is 0. The molecule has 0 saturated carbocycles. The number of hydrogen-bond acceptors (Lipinski definition) is 6. The lowest BCUT2D eigenvalue weighted by Gasteiger charge is -2.20. The first kappa shape index (κ1) is 15.9. The molecule has 1 aromatic heterocycles. The second-order valence-corrected chi connectivity index (χ2v) is 4.88. The predicted molar refractivity (Wildman–Crippen MR) is 75.1 cm³/mol. The molecule has 19 heavy (non-hydrogen) atoms. The number of nitrogens with zero attached hydrogens (tertiary/aromatic N) is 2. The standard InChI is InChI=1S/C13H26N4O2/c1-6-14-10(5)12-16-17-13(19-12)15-11(9(3)4)8-18-7-2/h9-11,14H,6-8H2,1-5H3,(H,15,17). The molecule has 6 heteroatoms. The molecule has 0 aromatic carbocycles. The van der Waals surface area contributed by atoms with Crippen molar-refractivity contribution in [1.29, 1.82) is 0 Å². The van der Waals surface area contributed by atoms with Gasteiger partial charge < -0.3 is 19.8 Å². The van der Waals surface area contributed by atoms with Crippen molar-refractivity contribution in [3.8, 4) is 0 Å². The maximum absolute atomic E-state index is 5.61. The Morgan fingerprint density at radius 3 is 2.53 bits per heavy atom. The zero-order valence-corrected chi connectivity index (χ0v) is 12.6. The smallest absolute Gasteiger partial charge is 0.315 e. The highest BCUT2D eigenvalue weighted by Crippen LogP contribution is 2.16. The van der Waals surface area contributed by atoms with Crippen LogP contribution in [0.25, 0.3) is 0 Å². The van der Waals surface area contributed by atoms with Crippen molar-refractivity contribution < 1.29 is 9.15 Å². The summed E-state index contributed by atoms with van der Waals surface area (Å²) in [5.41, 5.74) is 0. The van der Waals surface area contributed by atoms with Gasteiger partial charge in [-0.25, -0.2) is 0 Å². The van der Waals surface area contributed by atoms with Gasteiger partial charge in [-0.3, -0.25) is 0 Å². The Bertz CT molecular complexity index is 354. The maximum atomic E-state index is 5.61. The highest BCUT2D eigenvalue weighted by atomic mass is 16.5. The largest absolute Gasteiger partial charge is 0.406 e. The lowest BCUT2D eigenvalue weighted by Crippen LogP contribution is -2.31. The SMILES string of the molecule is CCNC(C)c1nnc(NC(COCC)C(C)C)o1. The van der Waals surface area contributed by atoms with E-state index in [0.29, 0.717) is 31.0 Å². The van der Waals surface area contributed by atoms with E-state index in [4.69, 9.17) is 9.15 Å². The third-order valence-electron chi connectivity index (χ3n) is 2.94. The number of aromatic nitrogens is 2. The van der Waals surface area contributed by atoms with Crippen LogP contribution in [-0.4, -0.2) is 36.0 Å². The van der Waals surface area contributed by atoms with E-state index in [2.05, 4.69) is 34.7 Å². The summed E-state index contributed by atoms with van der Waals surface area (Å²) in [7, 11) is 0. The molecule has 0 aliphatic heterocycles. The molecule has 2 unspecified atom stereocenters. The molecule has 2 atom stereocenters. The molecule has 1 heterocycles. The van der Waals surface area contributed by atoms with Crippen LogP contribution in [0, 0.1) is 5.92 Å². The molecule has 0 fully saturated rings. The topological polar surface area (TPSA) is 72.2 Å². The molecule has 0 bridgehead atoms. The molecule has 110 valence electrons. The lowest BCUT2D eigenvalue weighted by molar-refractivity contribution is 0.126. The summed E-state index contributed by atoms with van der Waals surface area (Å²) >= 11 is 0. The third kappa shape index (κ3) is 5.16. The molecule has 0 amide bonds. The second-order valence-electron chi connectivity index (χ2n) is 4.88. The normalized spacial score (nSPS) is 14.6. The molecule has 1 aromatic rings. The maximum Gasteiger partial charge on any atom is 0.315 e. The highest BCUT2D eigenvalue weighted by molar-refractivity contribution is 5.20. The minimum Gasteiger partial charge on any atom is -0.406 e. The molecule has 0 saturated heterocycles. The Kier molecular flexibility index (Phi) is 6.80. The fourth-order valence-electron chi connectivity index (χ4n) is 1.67. The molecule has 0 aliphatic carbocycles. The Balaban J connectivity index is 2.59. The van der Waals surface area contributed by atoms with E-state index in [9.17, 15) is 0 Å². The van der Waals surface area contributed by atoms with E-state index in [1.165, 1.54) is 0 Å². The van der Waals surface area contributed by atoms with Crippen LogP contribution in [0.5, 0.6) is 0 Å². The summed E-state index contributed by atoms with van der Waals surface area (Å²) in [5, 5.41) is 14.5. The minimum absolute atomic E-state index is 0.0671. The summed E-state index contributed by atoms with van der Waals surface area (Å²) < 4.78 is 11.1. The Labute approximate surface area is 115 Å². The molecule has 0 radical (unpaired) electrons. The van der Waals surface area contributed by atoms with E-state index in [0.717, 1.165) is 6.54 Å². The zero-order chi connectivity index (χ0) is 14.3. The van der Waals surface area contributed by atoms with Crippen LogP contribution in [0.4, 0.5) is 6.01 Å². The average Bonchev–Trinajstić information content (AvgIpc) is 2.83. The highest BCUT2D eigenvalue weighted by Gasteiger charge is 2.18. The number of nitrogens with one attached hydrogen (secondary N) is 2. The van der Waals surface area contributed by atoms with Gasteiger partial charge in [-0.15, -0.1) is 5.10 Å². The van der Waals surface area contributed by atoms with E-state index >= 15 is 0 Å². The molecule has 6 nitrogen and oxygen atoms in total. The van der Waals surface area contributed by atoms with Gasteiger partial charge in [0, 0.05) is 6.61 Å². The van der Waals surface area contributed by atoms with Crippen LogP contribution in [0.1, 0.15) is 46.6 Å². The predicted octanol–water partition coefficient (Wildman–Crippen LogP) is 2.21. The van der Waals surface area contributed by atoms with Crippen LogP contribution in [0.3, 0.4) is 0 Å². The van der Waals surface area contributed by atoms with Gasteiger partial charge in [-0.1, -0.05) is 25.9 Å². The zero-order valence-electron chi connectivity index (χ0n) is 12.6. The Hall–Kier alpha value is -1.14. The monoisotopic (exact) mass is 270 g/mol. The van der Waals surface area contributed by atoms with Crippen molar-refractivity contribution in [2.75, 3.05) is 25.1 Å². The molecular weight excluding hydrogens is 244 g/mol. The first-order valence-corrected chi connectivity index (χ1v) is 6.99. The number of anilines is 1. The van der Waals surface area contributed by atoms with Crippen LogP contribution in [0.15, 0.2) is 4.42 Å². The molecule has 0 spiro atoms. The molecule has 1 rings (SSSR count). The van der Waals surface area contributed by atoms with E-state index in [-0.39, 0.29) is 12.1 Å². The average molecular weight is 270 g/mol. The number of rotatable bonds is 9. The first-order valence-electron chi connectivity index (χ1n) is 6.99. The van der Waals surface area contributed by atoms with Crippen molar-refractivity contribution >= 4 is 6.01 Å². The fraction of sp³-hybridized carbons (Fsp3) is 0.846. The fourth-order valence-corrected chi connectivity index (χ4v) is 1.67. The van der Waals surface area contributed by atoms with Gasteiger partial charge in [0.1, 0.15) is 0 Å². The third-order valence-corrected chi connectivity index (χ3v) is 2.94.